The Labute approximate surface area is 83.3 Å². The van der Waals surface area contributed by atoms with Gasteiger partial charge in [-0.25, -0.2) is 0 Å². The minimum Gasteiger partial charge on any atom is -1.00 e. The maximum Gasteiger partial charge on any atom is 0.0844 e. The quantitative estimate of drug-likeness (QED) is 0.619. The van der Waals surface area contributed by atoms with Crippen LogP contribution in [0.15, 0.2) is 0 Å². The molecule has 70 valence electrons. The van der Waals surface area contributed by atoms with E-state index in [-0.39, 0.29) is 12.4 Å². The van der Waals surface area contributed by atoms with Crippen LogP contribution in [0.5, 0.6) is 0 Å². The molecular formula is C7H12Cl2N3-. The molecule has 0 amide bonds. The first-order valence-corrected chi connectivity index (χ1v) is 3.94. The molecule has 0 unspecified atom stereocenters. The van der Waals surface area contributed by atoms with Crippen LogP contribution in [0, 0.1) is 13.8 Å². The van der Waals surface area contributed by atoms with Crippen LogP contribution in [-0.4, -0.2) is 16.3 Å². The van der Waals surface area contributed by atoms with Gasteiger partial charge in [0.2, 0.25) is 0 Å². The van der Waals surface area contributed by atoms with Crippen LogP contribution in [-0.2, 0) is 6.54 Å². The molecule has 0 bridgehead atoms. The van der Waals surface area contributed by atoms with Crippen molar-refractivity contribution in [1.82, 2.24) is 9.78 Å². The normalized spacial score (nSPS) is 9.67. The highest BCUT2D eigenvalue weighted by atomic mass is 35.5. The number of hydrogen-bond donors (Lipinski definition) is 1. The predicted octanol–water partition coefficient (Wildman–Crippen LogP) is -1.88. The van der Waals surface area contributed by atoms with Crippen molar-refractivity contribution in [1.29, 1.82) is 0 Å². The third-order valence-corrected chi connectivity index (χ3v) is 2.18. The molecule has 0 saturated heterocycles. The smallest absolute Gasteiger partial charge is 0.0844 e. The molecule has 12 heavy (non-hydrogen) atoms. The van der Waals surface area contributed by atoms with Crippen LogP contribution in [0.3, 0.4) is 0 Å². The first-order chi connectivity index (χ1) is 5.16. The molecule has 0 radical (unpaired) electrons. The number of hydrogen-bond acceptors (Lipinski definition) is 2. The molecule has 1 aromatic heterocycles. The molecule has 1 heterocycles. The van der Waals surface area contributed by atoms with E-state index < -0.39 is 0 Å². The highest BCUT2D eigenvalue weighted by Gasteiger charge is 2.06. The molecule has 3 nitrogen and oxygen atoms in total. The summed E-state index contributed by atoms with van der Waals surface area (Å²) in [7, 11) is 0. The minimum atomic E-state index is 0. The lowest BCUT2D eigenvalue weighted by molar-refractivity contribution is -0.00000257. The molecule has 0 aromatic carbocycles. The zero-order chi connectivity index (χ0) is 8.43. The lowest BCUT2D eigenvalue weighted by atomic mass is 10.4. The Morgan fingerprint density at radius 1 is 1.50 bits per heavy atom. The zero-order valence-corrected chi connectivity index (χ0v) is 8.65. The molecule has 0 fully saturated rings. The highest BCUT2D eigenvalue weighted by molar-refractivity contribution is 6.31. The van der Waals surface area contributed by atoms with Crippen LogP contribution >= 0.6 is 11.6 Å². The van der Waals surface area contributed by atoms with Crippen molar-refractivity contribution in [3.63, 3.8) is 0 Å². The van der Waals surface area contributed by atoms with Crippen molar-refractivity contribution in [2.45, 2.75) is 20.4 Å². The molecule has 1 aromatic rings. The van der Waals surface area contributed by atoms with Gasteiger partial charge in [0.1, 0.15) is 0 Å². The molecule has 2 N–H and O–H groups in total. The monoisotopic (exact) mass is 208 g/mol. The SMILES string of the molecule is Cc1nn(CCN)c(C)c1Cl.[Cl-]. The number of aromatic nitrogens is 2. The van der Waals surface area contributed by atoms with Gasteiger partial charge in [0, 0.05) is 6.54 Å². The molecular weight excluding hydrogens is 197 g/mol. The summed E-state index contributed by atoms with van der Waals surface area (Å²) < 4.78 is 1.83. The fourth-order valence-electron chi connectivity index (χ4n) is 1.02. The van der Waals surface area contributed by atoms with Gasteiger partial charge in [0.15, 0.2) is 0 Å². The molecule has 0 atom stereocenters. The Hall–Kier alpha value is -0.250. The Kier molecular flexibility index (Phi) is 4.60. The van der Waals surface area contributed by atoms with Gasteiger partial charge >= 0.3 is 0 Å². The summed E-state index contributed by atoms with van der Waals surface area (Å²) in [5.74, 6) is 0. The standard InChI is InChI=1S/C7H12ClN3.ClH/c1-5-7(8)6(2)11(10-5)4-3-9;/h3-4,9H2,1-2H3;1H/p-1. The molecule has 0 aliphatic carbocycles. The summed E-state index contributed by atoms with van der Waals surface area (Å²) in [5.41, 5.74) is 7.25. The van der Waals surface area contributed by atoms with Gasteiger partial charge in [-0.05, 0) is 13.8 Å². The summed E-state index contributed by atoms with van der Waals surface area (Å²) >= 11 is 5.91. The van der Waals surface area contributed by atoms with Gasteiger partial charge in [-0.1, -0.05) is 11.6 Å². The lowest BCUT2D eigenvalue weighted by Crippen LogP contribution is -3.00. The van der Waals surface area contributed by atoms with E-state index in [9.17, 15) is 0 Å². The van der Waals surface area contributed by atoms with Crippen molar-refractivity contribution in [3.05, 3.63) is 16.4 Å². The average Bonchev–Trinajstić information content (AvgIpc) is 2.19. The second kappa shape index (κ2) is 4.70. The van der Waals surface area contributed by atoms with Gasteiger partial charge in [-0.3, -0.25) is 4.68 Å². The Bertz CT molecular complexity index is 257. The topological polar surface area (TPSA) is 43.8 Å². The number of nitrogens with zero attached hydrogens (tertiary/aromatic N) is 2. The Morgan fingerprint density at radius 3 is 2.42 bits per heavy atom. The second-order valence-electron chi connectivity index (χ2n) is 2.50. The van der Waals surface area contributed by atoms with E-state index >= 15 is 0 Å². The summed E-state index contributed by atoms with van der Waals surface area (Å²) in [4.78, 5) is 0. The van der Waals surface area contributed by atoms with Crippen molar-refractivity contribution in [2.75, 3.05) is 6.54 Å². The van der Waals surface area contributed by atoms with Gasteiger partial charge in [0.25, 0.3) is 0 Å². The number of nitrogens with two attached hydrogens (primary N) is 1. The van der Waals surface area contributed by atoms with Crippen LogP contribution in [0.25, 0.3) is 0 Å². The van der Waals surface area contributed by atoms with E-state index in [1.807, 2.05) is 18.5 Å². The van der Waals surface area contributed by atoms with Crippen molar-refractivity contribution >= 4 is 11.6 Å². The fraction of sp³-hybridized carbons (Fsp3) is 0.571. The van der Waals surface area contributed by atoms with E-state index in [0.717, 1.165) is 23.0 Å². The van der Waals surface area contributed by atoms with Gasteiger partial charge in [-0.2, -0.15) is 5.10 Å². The van der Waals surface area contributed by atoms with Crippen LogP contribution in [0.2, 0.25) is 5.02 Å². The van der Waals surface area contributed by atoms with E-state index in [1.54, 1.807) is 0 Å². The first-order valence-electron chi connectivity index (χ1n) is 3.56. The maximum atomic E-state index is 5.91. The van der Waals surface area contributed by atoms with E-state index in [2.05, 4.69) is 5.10 Å². The first kappa shape index (κ1) is 11.8. The lowest BCUT2D eigenvalue weighted by Gasteiger charge is -1.99. The largest absolute Gasteiger partial charge is 1.00 e. The second-order valence-corrected chi connectivity index (χ2v) is 2.87. The zero-order valence-electron chi connectivity index (χ0n) is 7.14. The van der Waals surface area contributed by atoms with Gasteiger partial charge < -0.3 is 18.1 Å². The van der Waals surface area contributed by atoms with Crippen molar-refractivity contribution in [2.24, 2.45) is 5.73 Å². The molecule has 1 rings (SSSR count). The number of aryl methyl sites for hydroxylation is 1. The van der Waals surface area contributed by atoms with E-state index in [1.165, 1.54) is 0 Å². The molecule has 0 saturated carbocycles. The minimum absolute atomic E-state index is 0. The van der Waals surface area contributed by atoms with Crippen LogP contribution in [0.1, 0.15) is 11.4 Å². The molecule has 0 aliphatic heterocycles. The molecule has 5 heteroatoms. The van der Waals surface area contributed by atoms with E-state index in [0.29, 0.717) is 6.54 Å². The number of halogens is 2. The third kappa shape index (κ3) is 2.12. The summed E-state index contributed by atoms with van der Waals surface area (Å²) in [6.07, 6.45) is 0. The average molecular weight is 209 g/mol. The highest BCUT2D eigenvalue weighted by Crippen LogP contribution is 2.18. The summed E-state index contributed by atoms with van der Waals surface area (Å²) in [6, 6.07) is 0. The number of rotatable bonds is 2. The van der Waals surface area contributed by atoms with Crippen molar-refractivity contribution in [3.8, 4) is 0 Å². The van der Waals surface area contributed by atoms with Gasteiger partial charge in [0.05, 0.1) is 23.0 Å². The van der Waals surface area contributed by atoms with Crippen LogP contribution in [0.4, 0.5) is 0 Å². The van der Waals surface area contributed by atoms with Crippen LogP contribution < -0.4 is 18.1 Å². The van der Waals surface area contributed by atoms with E-state index in [4.69, 9.17) is 17.3 Å². The summed E-state index contributed by atoms with van der Waals surface area (Å²) in [5, 5.41) is 4.95. The third-order valence-electron chi connectivity index (χ3n) is 1.63. The Morgan fingerprint density at radius 2 is 2.08 bits per heavy atom. The summed E-state index contributed by atoms with van der Waals surface area (Å²) in [6.45, 7) is 5.16. The van der Waals surface area contributed by atoms with Crippen molar-refractivity contribution < 1.29 is 12.4 Å². The Balaban J connectivity index is 0.00000121. The molecule has 0 aliphatic rings. The molecule has 0 spiro atoms. The maximum absolute atomic E-state index is 5.91. The van der Waals surface area contributed by atoms with Gasteiger partial charge in [-0.15, -0.1) is 0 Å². The fourth-order valence-corrected chi connectivity index (χ4v) is 1.15. The predicted molar refractivity (Wildman–Crippen MR) is 45.8 cm³/mol.